The third-order valence-electron chi connectivity index (χ3n) is 6.63. The summed E-state index contributed by atoms with van der Waals surface area (Å²) in [6, 6.07) is -0.113. The zero-order chi connectivity index (χ0) is 23.4. The van der Waals surface area contributed by atoms with E-state index in [0.29, 0.717) is 19.9 Å². The highest BCUT2D eigenvalue weighted by Crippen LogP contribution is 2.16. The van der Waals surface area contributed by atoms with Gasteiger partial charge >= 0.3 is 0 Å². The number of rotatable bonds is 7. The normalized spacial score (nSPS) is 26.3. The summed E-state index contributed by atoms with van der Waals surface area (Å²) in [6.45, 7) is 7.50. The summed E-state index contributed by atoms with van der Waals surface area (Å²) in [7, 11) is 0. The molecule has 0 aromatic heterocycles. The molecule has 4 saturated heterocycles. The molecule has 0 N–H and O–H groups in total. The molecular weight excluding hydrogens is 464 g/mol. The smallest absolute Gasteiger partial charge is 0.244 e. The van der Waals surface area contributed by atoms with Crippen molar-refractivity contribution >= 4 is 47.2 Å². The van der Waals surface area contributed by atoms with Crippen molar-refractivity contribution in [3.05, 3.63) is 0 Å². The summed E-state index contributed by atoms with van der Waals surface area (Å²) >= 11 is 3.79. The minimum Gasteiger partial charge on any atom is -0.284 e. The van der Waals surface area contributed by atoms with Crippen molar-refractivity contribution in [2.45, 2.75) is 13.0 Å². The van der Waals surface area contributed by atoms with Crippen LogP contribution in [0.3, 0.4) is 0 Å². The molecule has 33 heavy (non-hydrogen) atoms. The topological polar surface area (TPSA) is 87.7 Å². The second-order valence-electron chi connectivity index (χ2n) is 9.10. The van der Waals surface area contributed by atoms with Crippen molar-refractivity contribution in [2.24, 2.45) is 0 Å². The Balaban J connectivity index is 1.25. The summed E-state index contributed by atoms with van der Waals surface area (Å²) < 4.78 is 0. The molecule has 0 aliphatic carbocycles. The lowest BCUT2D eigenvalue weighted by molar-refractivity contribution is -0.158. The minimum atomic E-state index is -0.173. The van der Waals surface area contributed by atoms with E-state index in [2.05, 4.69) is 9.80 Å². The first-order valence-corrected chi connectivity index (χ1v) is 13.9. The van der Waals surface area contributed by atoms with Gasteiger partial charge in [-0.2, -0.15) is 23.5 Å². The molecule has 12 heteroatoms. The van der Waals surface area contributed by atoms with Crippen molar-refractivity contribution in [3.63, 3.8) is 0 Å². The van der Waals surface area contributed by atoms with Gasteiger partial charge in [-0.3, -0.25) is 48.6 Å². The SMILES string of the molecule is CC(CN1CC(=O)N(CN2CCSCC2)C(=O)C1)N1CC(=O)N(CN2CCSCC2)C(=O)C1. The zero-order valence-electron chi connectivity index (χ0n) is 19.3. The van der Waals surface area contributed by atoms with Gasteiger partial charge < -0.3 is 0 Å². The molecule has 1 atom stereocenters. The third kappa shape index (κ3) is 6.49. The Bertz CT molecular complexity index is 723. The van der Waals surface area contributed by atoms with Crippen molar-refractivity contribution < 1.29 is 19.2 Å². The summed E-state index contributed by atoms with van der Waals surface area (Å²) in [4.78, 5) is 61.6. The van der Waals surface area contributed by atoms with Crippen LogP contribution in [-0.4, -0.2) is 154 Å². The summed E-state index contributed by atoms with van der Waals surface area (Å²) in [5.74, 6) is 3.42. The molecular formula is C21H34N6O4S2. The van der Waals surface area contributed by atoms with E-state index < -0.39 is 0 Å². The lowest BCUT2D eigenvalue weighted by atomic mass is 10.2. The molecule has 4 aliphatic heterocycles. The highest BCUT2D eigenvalue weighted by Gasteiger charge is 2.37. The monoisotopic (exact) mass is 498 g/mol. The first-order chi connectivity index (χ1) is 15.9. The predicted molar refractivity (Wildman–Crippen MR) is 129 cm³/mol. The number of nitrogens with zero attached hydrogens (tertiary/aromatic N) is 6. The van der Waals surface area contributed by atoms with Crippen LogP contribution in [0.2, 0.25) is 0 Å². The van der Waals surface area contributed by atoms with Crippen LogP contribution >= 0.6 is 23.5 Å². The lowest BCUT2D eigenvalue weighted by Crippen LogP contribution is -2.62. The van der Waals surface area contributed by atoms with Crippen molar-refractivity contribution in [1.29, 1.82) is 0 Å². The van der Waals surface area contributed by atoms with Gasteiger partial charge in [0.25, 0.3) is 0 Å². The second kappa shape index (κ2) is 11.5. The van der Waals surface area contributed by atoms with Gasteiger partial charge in [0.15, 0.2) is 0 Å². The third-order valence-corrected chi connectivity index (χ3v) is 8.52. The number of thioether (sulfide) groups is 2. The molecule has 4 fully saturated rings. The molecule has 0 bridgehead atoms. The Morgan fingerprint density at radius 1 is 0.636 bits per heavy atom. The van der Waals surface area contributed by atoms with Gasteiger partial charge in [0.05, 0.1) is 39.5 Å². The van der Waals surface area contributed by atoms with Gasteiger partial charge in [-0.15, -0.1) is 0 Å². The van der Waals surface area contributed by atoms with E-state index in [4.69, 9.17) is 0 Å². The molecule has 0 saturated carbocycles. The van der Waals surface area contributed by atoms with Gasteiger partial charge in [0.2, 0.25) is 23.6 Å². The van der Waals surface area contributed by atoms with Gasteiger partial charge in [-0.25, -0.2) is 0 Å². The van der Waals surface area contributed by atoms with Crippen LogP contribution in [0.15, 0.2) is 0 Å². The fourth-order valence-corrected chi connectivity index (χ4v) is 6.55. The van der Waals surface area contributed by atoms with Gasteiger partial charge in [-0.05, 0) is 6.92 Å². The predicted octanol–water partition coefficient (Wildman–Crippen LogP) is -1.27. The van der Waals surface area contributed by atoms with Crippen molar-refractivity contribution in [2.75, 3.05) is 95.3 Å². The summed E-state index contributed by atoms with van der Waals surface area (Å²) in [5, 5.41) is 0. The highest BCUT2D eigenvalue weighted by atomic mass is 32.2. The number of carbonyl (C=O) groups is 4. The first kappa shape index (κ1) is 24.9. The zero-order valence-corrected chi connectivity index (χ0v) is 20.9. The van der Waals surface area contributed by atoms with Crippen LogP contribution in [0.4, 0.5) is 0 Å². The molecule has 4 heterocycles. The Morgan fingerprint density at radius 3 is 1.45 bits per heavy atom. The highest BCUT2D eigenvalue weighted by molar-refractivity contribution is 7.99. The molecule has 184 valence electrons. The first-order valence-electron chi connectivity index (χ1n) is 11.6. The number of hydrogen-bond donors (Lipinski definition) is 0. The quantitative estimate of drug-likeness (QED) is 0.396. The minimum absolute atomic E-state index is 0.113. The Labute approximate surface area is 203 Å². The van der Waals surface area contributed by atoms with Gasteiger partial charge in [0.1, 0.15) is 0 Å². The molecule has 1 unspecified atom stereocenters. The largest absolute Gasteiger partial charge is 0.284 e. The van der Waals surface area contributed by atoms with Crippen LogP contribution in [0.5, 0.6) is 0 Å². The maximum atomic E-state index is 12.7. The van der Waals surface area contributed by atoms with E-state index >= 15 is 0 Å². The number of imide groups is 2. The second-order valence-corrected chi connectivity index (χ2v) is 11.5. The Morgan fingerprint density at radius 2 is 1.03 bits per heavy atom. The molecule has 0 radical (unpaired) electrons. The van der Waals surface area contributed by atoms with Crippen molar-refractivity contribution in [3.8, 4) is 0 Å². The maximum Gasteiger partial charge on any atom is 0.244 e. The summed E-state index contributed by atoms with van der Waals surface area (Å²) in [6.07, 6.45) is 0. The molecule has 4 rings (SSSR count). The van der Waals surface area contributed by atoms with E-state index in [9.17, 15) is 19.2 Å². The Kier molecular flexibility index (Phi) is 8.69. The van der Waals surface area contributed by atoms with Crippen LogP contribution in [0, 0.1) is 0 Å². The number of amides is 4. The van der Waals surface area contributed by atoms with Crippen LogP contribution in [0.1, 0.15) is 6.92 Å². The number of carbonyl (C=O) groups excluding carboxylic acids is 4. The van der Waals surface area contributed by atoms with E-state index in [1.807, 2.05) is 40.2 Å². The van der Waals surface area contributed by atoms with Crippen molar-refractivity contribution in [1.82, 2.24) is 29.4 Å². The van der Waals surface area contributed by atoms with Gasteiger partial charge in [0, 0.05) is 61.8 Å². The number of hydrogen-bond acceptors (Lipinski definition) is 10. The average molecular weight is 499 g/mol. The molecule has 0 aromatic carbocycles. The fourth-order valence-electron chi connectivity index (χ4n) is 4.59. The average Bonchev–Trinajstić information content (AvgIpc) is 2.80. The van der Waals surface area contributed by atoms with E-state index in [1.54, 1.807) is 0 Å². The molecule has 0 spiro atoms. The summed E-state index contributed by atoms with van der Waals surface area (Å²) in [5.41, 5.74) is 0. The maximum absolute atomic E-state index is 12.7. The molecule has 4 amide bonds. The standard InChI is InChI=1S/C21H34N6O4S2/c1-17(25-13-20(30)27(21(31)14-25)16-23-4-8-33-9-5-23)10-24-11-18(28)26(19(29)12-24)15-22-2-6-32-7-3-22/h17H,2-16H2,1H3. The fraction of sp³-hybridized carbons (Fsp3) is 0.810. The molecule has 0 aromatic rings. The van der Waals surface area contributed by atoms with E-state index in [0.717, 1.165) is 49.2 Å². The lowest BCUT2D eigenvalue weighted by Gasteiger charge is -2.41. The van der Waals surface area contributed by atoms with Crippen LogP contribution in [-0.2, 0) is 19.2 Å². The van der Waals surface area contributed by atoms with E-state index in [-0.39, 0.29) is 55.8 Å². The van der Waals surface area contributed by atoms with Gasteiger partial charge in [-0.1, -0.05) is 0 Å². The van der Waals surface area contributed by atoms with E-state index in [1.165, 1.54) is 9.80 Å². The molecule has 10 nitrogen and oxygen atoms in total. The van der Waals surface area contributed by atoms with Crippen LogP contribution < -0.4 is 0 Å². The Hall–Kier alpha value is -1.18. The molecule has 4 aliphatic rings. The number of piperazine rings is 2. The van der Waals surface area contributed by atoms with Crippen LogP contribution in [0.25, 0.3) is 0 Å².